The lowest BCUT2D eigenvalue weighted by Crippen LogP contribution is -2.02. The molecular formula is C6H2BrCl2F2NO2S. The van der Waals surface area contributed by atoms with Crippen LogP contribution in [0, 0.1) is 0 Å². The summed E-state index contributed by atoms with van der Waals surface area (Å²) in [5.41, 5.74) is -0.781. The molecule has 0 fully saturated rings. The Morgan fingerprint density at radius 1 is 1.47 bits per heavy atom. The van der Waals surface area contributed by atoms with Crippen LogP contribution in [-0.4, -0.2) is 13.4 Å². The Hall–Kier alpha value is 0.0200. The lowest BCUT2D eigenvalue weighted by Gasteiger charge is -2.07. The molecule has 0 N–H and O–H groups in total. The molecule has 0 saturated heterocycles. The Balaban J connectivity index is 3.62. The monoisotopic (exact) mass is 339 g/mol. The van der Waals surface area contributed by atoms with Gasteiger partial charge in [-0.15, -0.1) is 0 Å². The summed E-state index contributed by atoms with van der Waals surface area (Å²) in [5.74, 6) is 0. The Bertz CT molecular complexity index is 494. The Kier molecular flexibility index (Phi) is 3.91. The highest BCUT2D eigenvalue weighted by Gasteiger charge is 2.26. The van der Waals surface area contributed by atoms with Crippen LogP contribution in [-0.2, 0) is 9.05 Å². The van der Waals surface area contributed by atoms with Crippen LogP contribution in [0.15, 0.2) is 15.6 Å². The zero-order valence-corrected chi connectivity index (χ0v) is 10.6. The molecule has 0 aliphatic rings. The molecule has 9 heteroatoms. The lowest BCUT2D eigenvalue weighted by atomic mass is 10.3. The molecule has 1 aromatic rings. The van der Waals surface area contributed by atoms with Crippen molar-refractivity contribution in [2.24, 2.45) is 0 Å². The van der Waals surface area contributed by atoms with Crippen molar-refractivity contribution in [1.29, 1.82) is 0 Å². The van der Waals surface area contributed by atoms with Crippen molar-refractivity contribution in [3.8, 4) is 0 Å². The average molecular weight is 341 g/mol. The second-order valence-electron chi connectivity index (χ2n) is 2.39. The van der Waals surface area contributed by atoms with Gasteiger partial charge in [0, 0.05) is 16.2 Å². The molecule has 0 bridgehead atoms. The molecule has 0 aliphatic carbocycles. The number of hydrogen-bond acceptors (Lipinski definition) is 3. The molecule has 0 spiro atoms. The minimum absolute atomic E-state index is 0.249. The fraction of sp³-hybridized carbons (Fsp3) is 0.167. The van der Waals surface area contributed by atoms with Gasteiger partial charge in [-0.3, -0.25) is 0 Å². The number of nitrogens with zero attached hydrogens (tertiary/aromatic N) is 1. The number of halogens is 5. The maximum Gasteiger partial charge on any atom is 0.265 e. The Morgan fingerprint density at radius 3 is 2.40 bits per heavy atom. The van der Waals surface area contributed by atoms with E-state index in [1.165, 1.54) is 0 Å². The van der Waals surface area contributed by atoms with Crippen molar-refractivity contribution in [3.63, 3.8) is 0 Å². The van der Waals surface area contributed by atoms with Gasteiger partial charge in [0.25, 0.3) is 15.5 Å². The fourth-order valence-corrected chi connectivity index (χ4v) is 3.70. The molecule has 1 heterocycles. The molecule has 0 atom stereocenters. The molecule has 84 valence electrons. The number of aromatic nitrogens is 1. The first-order valence-corrected chi connectivity index (χ1v) is 6.80. The van der Waals surface area contributed by atoms with Crippen molar-refractivity contribution >= 4 is 47.3 Å². The largest absolute Gasteiger partial charge is 0.265 e. The van der Waals surface area contributed by atoms with Crippen LogP contribution in [0.1, 0.15) is 12.0 Å². The molecule has 1 rings (SSSR count). The Labute approximate surface area is 102 Å². The van der Waals surface area contributed by atoms with Gasteiger partial charge in [-0.25, -0.2) is 22.2 Å². The molecule has 0 radical (unpaired) electrons. The van der Waals surface area contributed by atoms with E-state index in [4.69, 9.17) is 22.3 Å². The van der Waals surface area contributed by atoms with Crippen LogP contribution in [0.4, 0.5) is 8.78 Å². The maximum absolute atomic E-state index is 12.5. The van der Waals surface area contributed by atoms with Gasteiger partial charge < -0.3 is 0 Å². The van der Waals surface area contributed by atoms with Gasteiger partial charge in [-0.1, -0.05) is 11.6 Å². The van der Waals surface area contributed by atoms with Crippen LogP contribution >= 0.6 is 38.2 Å². The number of rotatable bonds is 2. The summed E-state index contributed by atoms with van der Waals surface area (Å²) in [6.07, 6.45) is -3.01. The molecule has 3 nitrogen and oxygen atoms in total. The molecule has 1 aromatic heterocycles. The second-order valence-corrected chi connectivity index (χ2v) is 6.03. The third-order valence-corrected chi connectivity index (χ3v) is 3.82. The van der Waals surface area contributed by atoms with Crippen molar-refractivity contribution in [3.05, 3.63) is 21.4 Å². The van der Waals surface area contributed by atoms with Gasteiger partial charge in [0.05, 0.1) is 0 Å². The minimum atomic E-state index is -4.30. The number of hydrogen-bond donors (Lipinski definition) is 0. The smallest absolute Gasteiger partial charge is 0.228 e. The van der Waals surface area contributed by atoms with E-state index in [1.807, 2.05) is 0 Å². The topological polar surface area (TPSA) is 47.0 Å². The normalized spacial score (nSPS) is 12.1. The molecule has 0 aliphatic heterocycles. The van der Waals surface area contributed by atoms with E-state index in [0.717, 1.165) is 6.07 Å². The summed E-state index contributed by atoms with van der Waals surface area (Å²) in [4.78, 5) is 2.71. The number of alkyl halides is 2. The molecule has 0 unspecified atom stereocenters. The third kappa shape index (κ3) is 2.99. The van der Waals surface area contributed by atoms with E-state index in [1.54, 1.807) is 0 Å². The standard InChI is InChI=1S/C6H2BrCl2F2NO2S/c7-5-4(15(9,13)14)2(6(10)11)1-3(8)12-5/h1,6H. The third-order valence-electron chi connectivity index (χ3n) is 1.41. The van der Waals surface area contributed by atoms with E-state index in [2.05, 4.69) is 20.9 Å². The summed E-state index contributed by atoms with van der Waals surface area (Å²) in [7, 11) is 0.689. The highest BCUT2D eigenvalue weighted by atomic mass is 79.9. The zero-order chi connectivity index (χ0) is 11.8. The quantitative estimate of drug-likeness (QED) is 0.612. The summed E-state index contributed by atoms with van der Waals surface area (Å²) < 4.78 is 46.7. The van der Waals surface area contributed by atoms with Gasteiger partial charge in [0.1, 0.15) is 14.7 Å². The SMILES string of the molecule is O=S(=O)(Cl)c1c(C(F)F)cc(Cl)nc1Br. The van der Waals surface area contributed by atoms with Gasteiger partial charge in [0.15, 0.2) is 0 Å². The summed E-state index contributed by atoms with van der Waals surface area (Å²) >= 11 is 8.11. The lowest BCUT2D eigenvalue weighted by molar-refractivity contribution is 0.147. The number of pyridine rings is 1. The first-order chi connectivity index (χ1) is 6.73. The molecule has 0 aromatic carbocycles. The van der Waals surface area contributed by atoms with Crippen LogP contribution < -0.4 is 0 Å². The molecular weight excluding hydrogens is 339 g/mol. The van der Waals surface area contributed by atoms with Crippen LogP contribution in [0.25, 0.3) is 0 Å². The molecule has 15 heavy (non-hydrogen) atoms. The first-order valence-electron chi connectivity index (χ1n) is 3.32. The van der Waals surface area contributed by atoms with Gasteiger partial charge in [-0.2, -0.15) is 0 Å². The van der Waals surface area contributed by atoms with Crippen LogP contribution in [0.2, 0.25) is 5.15 Å². The zero-order valence-electron chi connectivity index (χ0n) is 6.72. The first kappa shape index (κ1) is 13.1. The Morgan fingerprint density at radius 2 is 2.00 bits per heavy atom. The van der Waals surface area contributed by atoms with Crippen molar-refractivity contribution in [2.75, 3.05) is 0 Å². The van der Waals surface area contributed by atoms with E-state index in [9.17, 15) is 17.2 Å². The van der Waals surface area contributed by atoms with Gasteiger partial charge in [-0.05, 0) is 22.0 Å². The predicted octanol–water partition coefficient (Wildman–Crippen LogP) is 3.36. The predicted molar refractivity (Wildman–Crippen MR) is 54.9 cm³/mol. The minimum Gasteiger partial charge on any atom is -0.228 e. The summed E-state index contributed by atoms with van der Waals surface area (Å²) in [5, 5.41) is -0.249. The van der Waals surface area contributed by atoms with Crippen LogP contribution in [0.5, 0.6) is 0 Å². The summed E-state index contributed by atoms with van der Waals surface area (Å²) in [6, 6.07) is 0.756. The maximum atomic E-state index is 12.5. The van der Waals surface area contributed by atoms with E-state index < -0.39 is 25.9 Å². The second kappa shape index (κ2) is 4.48. The van der Waals surface area contributed by atoms with E-state index in [0.29, 0.717) is 0 Å². The van der Waals surface area contributed by atoms with E-state index >= 15 is 0 Å². The van der Waals surface area contributed by atoms with Crippen molar-refractivity contribution in [2.45, 2.75) is 11.3 Å². The molecule has 0 amide bonds. The molecule has 0 saturated carbocycles. The van der Waals surface area contributed by atoms with E-state index in [-0.39, 0.29) is 9.76 Å². The van der Waals surface area contributed by atoms with Gasteiger partial charge in [0.2, 0.25) is 0 Å². The average Bonchev–Trinajstić information content (AvgIpc) is 1.99. The van der Waals surface area contributed by atoms with Crippen LogP contribution in [0.3, 0.4) is 0 Å². The highest BCUT2D eigenvalue weighted by Crippen LogP contribution is 2.34. The van der Waals surface area contributed by atoms with Crippen molar-refractivity contribution in [1.82, 2.24) is 4.98 Å². The van der Waals surface area contributed by atoms with Gasteiger partial charge >= 0.3 is 0 Å². The fourth-order valence-electron chi connectivity index (χ4n) is 0.893. The summed E-state index contributed by atoms with van der Waals surface area (Å²) in [6.45, 7) is 0. The van der Waals surface area contributed by atoms with Crippen molar-refractivity contribution < 1.29 is 17.2 Å². The highest BCUT2D eigenvalue weighted by molar-refractivity contribution is 9.10.